The van der Waals surface area contributed by atoms with Crippen molar-refractivity contribution in [2.75, 3.05) is 39.4 Å². The highest BCUT2D eigenvalue weighted by atomic mass is 16.5. The molecule has 2 heterocycles. The molecule has 3 amide bonds. The lowest BCUT2D eigenvalue weighted by Gasteiger charge is -2.35. The van der Waals surface area contributed by atoms with E-state index in [-0.39, 0.29) is 24.3 Å². The van der Waals surface area contributed by atoms with E-state index in [1.807, 2.05) is 24.3 Å². The lowest BCUT2D eigenvalue weighted by Crippen LogP contribution is -2.58. The van der Waals surface area contributed by atoms with Crippen molar-refractivity contribution in [2.45, 2.75) is 32.2 Å². The summed E-state index contributed by atoms with van der Waals surface area (Å²) in [6, 6.07) is 15.8. The van der Waals surface area contributed by atoms with Crippen LogP contribution in [0.2, 0.25) is 0 Å². The lowest BCUT2D eigenvalue weighted by molar-refractivity contribution is -0.146. The summed E-state index contributed by atoms with van der Waals surface area (Å²) >= 11 is 0. The van der Waals surface area contributed by atoms with E-state index in [4.69, 9.17) is 4.74 Å². The molecule has 0 spiro atoms. The van der Waals surface area contributed by atoms with E-state index in [0.29, 0.717) is 39.1 Å². The van der Waals surface area contributed by atoms with Gasteiger partial charge in [-0.25, -0.2) is 0 Å². The van der Waals surface area contributed by atoms with Gasteiger partial charge in [-0.05, 0) is 35.6 Å². The van der Waals surface area contributed by atoms with Crippen molar-refractivity contribution in [3.8, 4) is 11.1 Å². The molecule has 0 bridgehead atoms. The van der Waals surface area contributed by atoms with Crippen LogP contribution >= 0.6 is 0 Å². The topological polar surface area (TPSA) is 79.0 Å². The van der Waals surface area contributed by atoms with Gasteiger partial charge < -0.3 is 19.9 Å². The maximum absolute atomic E-state index is 12.9. The summed E-state index contributed by atoms with van der Waals surface area (Å²) in [7, 11) is 0. The SMILES string of the molecule is Cc1ccccc1-c1cccc(C[C@H]2C(=O)NCCN2C(=O)COCCN2CCCC2=O)c1. The van der Waals surface area contributed by atoms with Crippen LogP contribution in [-0.2, 0) is 25.5 Å². The van der Waals surface area contributed by atoms with E-state index < -0.39 is 6.04 Å². The van der Waals surface area contributed by atoms with E-state index in [2.05, 4.69) is 36.5 Å². The molecule has 0 saturated carbocycles. The van der Waals surface area contributed by atoms with Crippen LogP contribution < -0.4 is 5.32 Å². The number of carbonyl (C=O) groups excluding carboxylic acids is 3. The van der Waals surface area contributed by atoms with E-state index in [1.54, 1.807) is 9.80 Å². The number of amides is 3. The van der Waals surface area contributed by atoms with E-state index in [0.717, 1.165) is 29.7 Å². The van der Waals surface area contributed by atoms with Crippen molar-refractivity contribution in [1.29, 1.82) is 0 Å². The van der Waals surface area contributed by atoms with Crippen molar-refractivity contribution in [3.63, 3.8) is 0 Å². The number of benzene rings is 2. The molecule has 2 aliphatic heterocycles. The fraction of sp³-hybridized carbons (Fsp3) is 0.423. The molecule has 7 heteroatoms. The Morgan fingerprint density at radius 3 is 2.76 bits per heavy atom. The maximum Gasteiger partial charge on any atom is 0.249 e. The number of likely N-dealkylation sites (tertiary alicyclic amines) is 1. The molecule has 2 fully saturated rings. The first kappa shape index (κ1) is 23.0. The standard InChI is InChI=1S/C26H31N3O4/c1-19-6-2-3-9-22(19)21-8-4-7-20(16-21)17-23-26(32)27-11-13-29(23)25(31)18-33-15-14-28-12-5-10-24(28)30/h2-4,6-9,16,23H,5,10-15,17-18H2,1H3,(H,27,32)/t23-/m0/s1. The first-order valence-electron chi connectivity index (χ1n) is 11.6. The molecule has 0 aromatic heterocycles. The van der Waals surface area contributed by atoms with Gasteiger partial charge in [0, 0.05) is 39.0 Å². The van der Waals surface area contributed by atoms with Gasteiger partial charge in [0.15, 0.2) is 0 Å². The monoisotopic (exact) mass is 449 g/mol. The highest BCUT2D eigenvalue weighted by Crippen LogP contribution is 2.25. The number of piperazine rings is 1. The first-order chi connectivity index (χ1) is 16.0. The lowest BCUT2D eigenvalue weighted by atomic mass is 9.95. The molecule has 2 aromatic rings. The molecule has 4 rings (SSSR count). The molecule has 1 atom stereocenters. The average molecular weight is 450 g/mol. The molecule has 2 aromatic carbocycles. The van der Waals surface area contributed by atoms with Gasteiger partial charge in [0.2, 0.25) is 17.7 Å². The van der Waals surface area contributed by atoms with Crippen LogP contribution in [0, 0.1) is 6.92 Å². The summed E-state index contributed by atoms with van der Waals surface area (Å²) in [4.78, 5) is 40.6. The second-order valence-corrected chi connectivity index (χ2v) is 8.65. The number of carbonyl (C=O) groups is 3. The van der Waals surface area contributed by atoms with Crippen LogP contribution in [0.3, 0.4) is 0 Å². The summed E-state index contributed by atoms with van der Waals surface area (Å²) in [6.07, 6.45) is 1.92. The van der Waals surface area contributed by atoms with Gasteiger partial charge in [-0.15, -0.1) is 0 Å². The van der Waals surface area contributed by atoms with Crippen molar-refractivity contribution in [2.24, 2.45) is 0 Å². The Kier molecular flexibility index (Phi) is 7.40. The molecule has 7 nitrogen and oxygen atoms in total. The molecular formula is C26H31N3O4. The zero-order valence-corrected chi connectivity index (χ0v) is 19.1. The Morgan fingerprint density at radius 2 is 1.97 bits per heavy atom. The minimum absolute atomic E-state index is 0.0882. The van der Waals surface area contributed by atoms with E-state index >= 15 is 0 Å². The summed E-state index contributed by atoms with van der Waals surface area (Å²) in [5.74, 6) is -0.193. The molecule has 2 aliphatic rings. The average Bonchev–Trinajstić information content (AvgIpc) is 3.23. The molecule has 174 valence electrons. The minimum atomic E-state index is -0.567. The van der Waals surface area contributed by atoms with Crippen molar-refractivity contribution >= 4 is 17.7 Å². The van der Waals surface area contributed by atoms with Crippen LogP contribution in [-0.4, -0.2) is 73.0 Å². The number of hydrogen-bond acceptors (Lipinski definition) is 4. The summed E-state index contributed by atoms with van der Waals surface area (Å²) in [6.45, 7) is 4.47. The Hall–Kier alpha value is -3.19. The zero-order chi connectivity index (χ0) is 23.2. The molecule has 0 radical (unpaired) electrons. The van der Waals surface area contributed by atoms with Gasteiger partial charge in [-0.1, -0.05) is 48.5 Å². The fourth-order valence-electron chi connectivity index (χ4n) is 4.56. The molecule has 2 saturated heterocycles. The fourth-order valence-corrected chi connectivity index (χ4v) is 4.56. The highest BCUT2D eigenvalue weighted by molar-refractivity contribution is 5.89. The second-order valence-electron chi connectivity index (χ2n) is 8.65. The van der Waals surface area contributed by atoms with Crippen LogP contribution in [0.15, 0.2) is 48.5 Å². The molecular weight excluding hydrogens is 418 g/mol. The van der Waals surface area contributed by atoms with Gasteiger partial charge in [-0.3, -0.25) is 14.4 Å². The van der Waals surface area contributed by atoms with E-state index in [1.165, 1.54) is 5.56 Å². The third-order valence-electron chi connectivity index (χ3n) is 6.37. The predicted octanol–water partition coefficient (Wildman–Crippen LogP) is 2.17. The summed E-state index contributed by atoms with van der Waals surface area (Å²) < 4.78 is 5.57. The van der Waals surface area contributed by atoms with Crippen LogP contribution in [0.1, 0.15) is 24.0 Å². The summed E-state index contributed by atoms with van der Waals surface area (Å²) in [5, 5.41) is 2.88. The maximum atomic E-state index is 12.9. The van der Waals surface area contributed by atoms with Gasteiger partial charge in [0.1, 0.15) is 12.6 Å². The van der Waals surface area contributed by atoms with Gasteiger partial charge in [0.05, 0.1) is 6.61 Å². The smallest absolute Gasteiger partial charge is 0.249 e. The van der Waals surface area contributed by atoms with Crippen molar-refractivity contribution in [3.05, 3.63) is 59.7 Å². The largest absolute Gasteiger partial charge is 0.370 e. The Morgan fingerprint density at radius 1 is 1.12 bits per heavy atom. The van der Waals surface area contributed by atoms with Crippen molar-refractivity contribution < 1.29 is 19.1 Å². The Labute approximate surface area is 194 Å². The molecule has 1 N–H and O–H groups in total. The van der Waals surface area contributed by atoms with E-state index in [9.17, 15) is 14.4 Å². The second kappa shape index (κ2) is 10.6. The van der Waals surface area contributed by atoms with Crippen LogP contribution in [0.4, 0.5) is 0 Å². The predicted molar refractivity (Wildman–Crippen MR) is 125 cm³/mol. The zero-order valence-electron chi connectivity index (χ0n) is 19.1. The number of ether oxygens (including phenoxy) is 1. The normalized spacial score (nSPS) is 18.5. The van der Waals surface area contributed by atoms with Crippen LogP contribution in [0.25, 0.3) is 11.1 Å². The number of rotatable bonds is 8. The number of hydrogen-bond donors (Lipinski definition) is 1. The summed E-state index contributed by atoms with van der Waals surface area (Å²) in [5.41, 5.74) is 4.45. The molecule has 0 aliphatic carbocycles. The van der Waals surface area contributed by atoms with Gasteiger partial charge >= 0.3 is 0 Å². The van der Waals surface area contributed by atoms with Crippen LogP contribution in [0.5, 0.6) is 0 Å². The number of aryl methyl sites for hydroxylation is 1. The first-order valence-corrected chi connectivity index (χ1v) is 11.6. The van der Waals surface area contributed by atoms with Crippen molar-refractivity contribution in [1.82, 2.24) is 15.1 Å². The third kappa shape index (κ3) is 5.60. The Balaban J connectivity index is 1.38. The number of nitrogens with one attached hydrogen (secondary N) is 1. The molecule has 33 heavy (non-hydrogen) atoms. The number of nitrogens with zero attached hydrogens (tertiary/aromatic N) is 2. The Bertz CT molecular complexity index is 1020. The molecule has 0 unspecified atom stereocenters. The quantitative estimate of drug-likeness (QED) is 0.627. The highest BCUT2D eigenvalue weighted by Gasteiger charge is 2.33. The minimum Gasteiger partial charge on any atom is -0.370 e. The third-order valence-corrected chi connectivity index (χ3v) is 6.37. The van der Waals surface area contributed by atoms with Gasteiger partial charge in [-0.2, -0.15) is 0 Å². The van der Waals surface area contributed by atoms with Gasteiger partial charge in [0.25, 0.3) is 0 Å².